The monoisotopic (exact) mass is 87.1 g/mol. The fraction of sp³-hybridized carbons (Fsp3) is 0.800. The molecule has 0 aromatic rings. The Hall–Kier alpha value is -0.0400. The summed E-state index contributed by atoms with van der Waals surface area (Å²) >= 11 is 0. The summed E-state index contributed by atoms with van der Waals surface area (Å²) in [5, 5.41) is 0. The van der Waals surface area contributed by atoms with E-state index in [0.717, 1.165) is 0 Å². The van der Waals surface area contributed by atoms with Crippen LogP contribution in [0.25, 0.3) is 0 Å². The maximum Gasteiger partial charge on any atom is 0.0623 e. The summed E-state index contributed by atoms with van der Waals surface area (Å²) in [5.74, 6) is 0. The van der Waals surface area contributed by atoms with Gasteiger partial charge in [0.05, 0.1) is 5.60 Å². The molecular weight excluding hydrogens is 76.1 g/mol. The highest BCUT2D eigenvalue weighted by molar-refractivity contribution is 4.68. The molecule has 0 bridgehead atoms. The predicted molar refractivity (Wildman–Crippen MR) is 26.4 cm³/mol. The van der Waals surface area contributed by atoms with Crippen LogP contribution in [0.1, 0.15) is 13.8 Å². The minimum atomic E-state index is -0.208. The minimum Gasteiger partial charge on any atom is -0.379 e. The zero-order chi connectivity index (χ0) is 5.21. The highest BCUT2D eigenvalue weighted by Gasteiger charge is 2.04. The molecule has 1 radical (unpaired) electrons. The summed E-state index contributed by atoms with van der Waals surface area (Å²) in [6, 6.07) is 0. The molecule has 0 fully saturated rings. The van der Waals surface area contributed by atoms with E-state index in [4.69, 9.17) is 4.74 Å². The lowest BCUT2D eigenvalue weighted by Gasteiger charge is -2.13. The van der Waals surface area contributed by atoms with Gasteiger partial charge in [0.1, 0.15) is 0 Å². The van der Waals surface area contributed by atoms with Crippen LogP contribution < -0.4 is 0 Å². The van der Waals surface area contributed by atoms with E-state index >= 15 is 0 Å². The first-order valence-electron chi connectivity index (χ1n) is 1.97. The van der Waals surface area contributed by atoms with Gasteiger partial charge in [-0.3, -0.25) is 0 Å². The smallest absolute Gasteiger partial charge is 0.0623 e. The maximum atomic E-state index is 4.83. The summed E-state index contributed by atoms with van der Waals surface area (Å²) < 4.78 is 4.83. The molecule has 0 aliphatic carbocycles. The summed E-state index contributed by atoms with van der Waals surface area (Å²) in [6.45, 7) is 7.49. The van der Waals surface area contributed by atoms with Crippen molar-refractivity contribution in [2.75, 3.05) is 7.11 Å². The Morgan fingerprint density at radius 1 is 1.50 bits per heavy atom. The van der Waals surface area contributed by atoms with Crippen molar-refractivity contribution in [1.82, 2.24) is 0 Å². The average Bonchev–Trinajstić information content (AvgIpc) is 1.35. The van der Waals surface area contributed by atoms with Crippen LogP contribution in [0.5, 0.6) is 0 Å². The van der Waals surface area contributed by atoms with E-state index in [1.165, 1.54) is 0 Å². The molecule has 0 spiro atoms. The topological polar surface area (TPSA) is 9.23 Å². The minimum absolute atomic E-state index is 0.208. The van der Waals surface area contributed by atoms with Crippen LogP contribution in [0.4, 0.5) is 0 Å². The SMILES string of the molecule is [CH2]C(C)(C)OC. The molecule has 0 heterocycles. The van der Waals surface area contributed by atoms with Crippen molar-refractivity contribution in [3.8, 4) is 0 Å². The molecule has 0 aliphatic rings. The molecule has 0 amide bonds. The van der Waals surface area contributed by atoms with E-state index in [2.05, 4.69) is 6.92 Å². The lowest BCUT2D eigenvalue weighted by atomic mass is 10.2. The fourth-order valence-electron chi connectivity index (χ4n) is 0. The van der Waals surface area contributed by atoms with Crippen LogP contribution in [0.2, 0.25) is 0 Å². The van der Waals surface area contributed by atoms with Crippen LogP contribution in [0.3, 0.4) is 0 Å². The second-order valence-corrected chi connectivity index (χ2v) is 1.96. The Labute approximate surface area is 39.3 Å². The predicted octanol–water partition coefficient (Wildman–Crippen LogP) is 1.25. The van der Waals surface area contributed by atoms with Gasteiger partial charge in [-0.1, -0.05) is 0 Å². The van der Waals surface area contributed by atoms with E-state index in [1.807, 2.05) is 13.8 Å². The van der Waals surface area contributed by atoms with Gasteiger partial charge in [0.15, 0.2) is 0 Å². The molecule has 0 aromatic heterocycles. The normalized spacial score (nSPS) is 12.0. The molecule has 0 N–H and O–H groups in total. The van der Waals surface area contributed by atoms with Gasteiger partial charge < -0.3 is 4.74 Å². The van der Waals surface area contributed by atoms with E-state index in [-0.39, 0.29) is 5.60 Å². The molecule has 0 aliphatic heterocycles. The van der Waals surface area contributed by atoms with Crippen molar-refractivity contribution in [1.29, 1.82) is 0 Å². The second-order valence-electron chi connectivity index (χ2n) is 1.96. The molecule has 1 heteroatoms. The van der Waals surface area contributed by atoms with Crippen LogP contribution >= 0.6 is 0 Å². The van der Waals surface area contributed by atoms with Crippen molar-refractivity contribution in [3.63, 3.8) is 0 Å². The third-order valence-electron chi connectivity index (χ3n) is 0.553. The maximum absolute atomic E-state index is 4.83. The van der Waals surface area contributed by atoms with E-state index < -0.39 is 0 Å². The van der Waals surface area contributed by atoms with Crippen LogP contribution in [0.15, 0.2) is 0 Å². The number of hydrogen-bond donors (Lipinski definition) is 0. The lowest BCUT2D eigenvalue weighted by molar-refractivity contribution is 0.0630. The van der Waals surface area contributed by atoms with E-state index in [1.54, 1.807) is 7.11 Å². The van der Waals surface area contributed by atoms with Crippen molar-refractivity contribution >= 4 is 0 Å². The van der Waals surface area contributed by atoms with Gasteiger partial charge in [0.2, 0.25) is 0 Å². The standard InChI is InChI=1S/C5H11O/c1-5(2,3)6-4/h1H2,2-4H3. The Kier molecular flexibility index (Phi) is 1.59. The van der Waals surface area contributed by atoms with E-state index in [9.17, 15) is 0 Å². The highest BCUT2D eigenvalue weighted by Crippen LogP contribution is 2.01. The Morgan fingerprint density at radius 3 is 1.67 bits per heavy atom. The van der Waals surface area contributed by atoms with Crippen molar-refractivity contribution < 1.29 is 4.74 Å². The van der Waals surface area contributed by atoms with E-state index in [0.29, 0.717) is 0 Å². The van der Waals surface area contributed by atoms with Gasteiger partial charge in [-0.25, -0.2) is 0 Å². The van der Waals surface area contributed by atoms with Gasteiger partial charge in [-0.2, -0.15) is 0 Å². The van der Waals surface area contributed by atoms with Gasteiger partial charge in [-0.15, -0.1) is 0 Å². The van der Waals surface area contributed by atoms with Gasteiger partial charge >= 0.3 is 0 Å². The van der Waals surface area contributed by atoms with Crippen LogP contribution in [0, 0.1) is 6.92 Å². The molecule has 0 unspecified atom stereocenters. The fourth-order valence-corrected chi connectivity index (χ4v) is 0. The molecule has 0 saturated heterocycles. The molecule has 0 aromatic carbocycles. The van der Waals surface area contributed by atoms with Gasteiger partial charge in [0.25, 0.3) is 0 Å². The molecule has 0 saturated carbocycles. The van der Waals surface area contributed by atoms with Gasteiger partial charge in [0, 0.05) is 7.11 Å². The number of hydrogen-bond acceptors (Lipinski definition) is 1. The third kappa shape index (κ3) is 3.96. The average molecular weight is 87.1 g/mol. The van der Waals surface area contributed by atoms with Crippen molar-refractivity contribution in [2.45, 2.75) is 19.4 Å². The van der Waals surface area contributed by atoms with Crippen molar-refractivity contribution in [2.24, 2.45) is 0 Å². The zero-order valence-corrected chi connectivity index (χ0v) is 4.62. The Balaban J connectivity index is 3.17. The summed E-state index contributed by atoms with van der Waals surface area (Å²) in [6.07, 6.45) is 0. The molecular formula is C5H11O. The first-order chi connectivity index (χ1) is 2.56. The molecule has 6 heavy (non-hydrogen) atoms. The molecule has 37 valence electrons. The first-order valence-corrected chi connectivity index (χ1v) is 1.97. The lowest BCUT2D eigenvalue weighted by Crippen LogP contribution is -2.15. The third-order valence-corrected chi connectivity index (χ3v) is 0.553. The highest BCUT2D eigenvalue weighted by atomic mass is 16.5. The van der Waals surface area contributed by atoms with Crippen molar-refractivity contribution in [3.05, 3.63) is 6.92 Å². The molecule has 0 rings (SSSR count). The Bertz CT molecular complexity index is 33.7. The summed E-state index contributed by atoms with van der Waals surface area (Å²) in [4.78, 5) is 0. The van der Waals surface area contributed by atoms with Crippen LogP contribution in [-0.4, -0.2) is 12.7 Å². The Morgan fingerprint density at radius 2 is 1.67 bits per heavy atom. The largest absolute Gasteiger partial charge is 0.379 e. The van der Waals surface area contributed by atoms with Crippen LogP contribution in [-0.2, 0) is 4.74 Å². The molecule has 0 atom stereocenters. The summed E-state index contributed by atoms with van der Waals surface area (Å²) in [5.41, 5.74) is -0.208. The number of methoxy groups -OCH3 is 1. The molecule has 1 nitrogen and oxygen atoms in total. The second kappa shape index (κ2) is 1.61. The quantitative estimate of drug-likeness (QED) is 0.467. The number of rotatable bonds is 1. The zero-order valence-electron chi connectivity index (χ0n) is 4.62. The number of ether oxygens (including phenoxy) is 1. The summed E-state index contributed by atoms with van der Waals surface area (Å²) in [7, 11) is 1.65. The van der Waals surface area contributed by atoms with Gasteiger partial charge in [-0.05, 0) is 20.8 Å². The first kappa shape index (κ1) is 5.96.